The van der Waals surface area contributed by atoms with E-state index in [2.05, 4.69) is 33.4 Å². The van der Waals surface area contributed by atoms with Gasteiger partial charge in [0.2, 0.25) is 0 Å². The molecule has 0 spiro atoms. The number of hydrogen-bond donors (Lipinski definition) is 2. The first-order valence-electron chi connectivity index (χ1n) is 4.80. The van der Waals surface area contributed by atoms with Crippen LogP contribution in [-0.2, 0) is 0 Å². The molecule has 0 unspecified atom stereocenters. The topological polar surface area (TPSA) is 20.2 Å². The molecule has 1 aliphatic rings. The Morgan fingerprint density at radius 3 is 1.92 bits per heavy atom. The third-order valence-electron chi connectivity index (χ3n) is 3.27. The highest BCUT2D eigenvalue weighted by molar-refractivity contribution is 7.81. The number of rotatable bonds is 1. The minimum atomic E-state index is -0.414. The standard InChI is InChI=1S/C10H20OS/c1-8(2)10(11)6-4-9(3,12)5-7-10/h8,11-12H,4-7H2,1-3H3. The van der Waals surface area contributed by atoms with Gasteiger partial charge in [0.05, 0.1) is 5.60 Å². The van der Waals surface area contributed by atoms with Crippen LogP contribution < -0.4 is 0 Å². The van der Waals surface area contributed by atoms with Gasteiger partial charge in [-0.15, -0.1) is 0 Å². The second kappa shape index (κ2) is 3.22. The van der Waals surface area contributed by atoms with E-state index < -0.39 is 5.60 Å². The minimum absolute atomic E-state index is 0.154. The molecule has 1 fully saturated rings. The summed E-state index contributed by atoms with van der Waals surface area (Å²) in [6.07, 6.45) is 3.88. The van der Waals surface area contributed by atoms with Crippen LogP contribution in [0.1, 0.15) is 46.5 Å². The highest BCUT2D eigenvalue weighted by Gasteiger charge is 2.39. The summed E-state index contributed by atoms with van der Waals surface area (Å²) >= 11 is 4.55. The summed E-state index contributed by atoms with van der Waals surface area (Å²) in [5.74, 6) is 0.377. The highest BCUT2D eigenvalue weighted by atomic mass is 32.1. The van der Waals surface area contributed by atoms with Gasteiger partial charge in [0.25, 0.3) is 0 Å². The van der Waals surface area contributed by atoms with Gasteiger partial charge in [-0.25, -0.2) is 0 Å². The van der Waals surface area contributed by atoms with Crippen molar-refractivity contribution in [3.05, 3.63) is 0 Å². The van der Waals surface area contributed by atoms with E-state index in [1.165, 1.54) is 0 Å². The quantitative estimate of drug-likeness (QED) is 0.606. The molecule has 0 aromatic carbocycles. The van der Waals surface area contributed by atoms with E-state index >= 15 is 0 Å². The van der Waals surface area contributed by atoms with Crippen molar-refractivity contribution in [2.45, 2.75) is 56.8 Å². The van der Waals surface area contributed by atoms with Crippen molar-refractivity contribution in [3.8, 4) is 0 Å². The lowest BCUT2D eigenvalue weighted by Crippen LogP contribution is -2.42. The van der Waals surface area contributed by atoms with E-state index in [1.54, 1.807) is 0 Å². The lowest BCUT2D eigenvalue weighted by molar-refractivity contribution is -0.0420. The van der Waals surface area contributed by atoms with Crippen molar-refractivity contribution >= 4 is 12.6 Å². The summed E-state index contributed by atoms with van der Waals surface area (Å²) in [6, 6.07) is 0. The van der Waals surface area contributed by atoms with Crippen LogP contribution in [0.5, 0.6) is 0 Å². The molecule has 72 valence electrons. The maximum Gasteiger partial charge on any atom is 0.0671 e. The Labute approximate surface area is 81.0 Å². The largest absolute Gasteiger partial charge is 0.390 e. The van der Waals surface area contributed by atoms with Crippen LogP contribution in [0.3, 0.4) is 0 Å². The lowest BCUT2D eigenvalue weighted by atomic mass is 9.73. The molecule has 0 aromatic heterocycles. The molecule has 0 aromatic rings. The van der Waals surface area contributed by atoms with Gasteiger partial charge in [0, 0.05) is 4.75 Å². The van der Waals surface area contributed by atoms with Gasteiger partial charge in [-0.05, 0) is 31.6 Å². The average Bonchev–Trinajstić information content (AvgIpc) is 1.96. The normalized spacial score (nSPS) is 43.5. The zero-order chi connectivity index (χ0) is 9.41. The van der Waals surface area contributed by atoms with Gasteiger partial charge < -0.3 is 5.11 Å². The van der Waals surface area contributed by atoms with Crippen LogP contribution in [0.2, 0.25) is 0 Å². The first-order valence-corrected chi connectivity index (χ1v) is 5.25. The predicted molar refractivity (Wildman–Crippen MR) is 55.6 cm³/mol. The zero-order valence-corrected chi connectivity index (χ0v) is 9.19. The van der Waals surface area contributed by atoms with Crippen LogP contribution in [0, 0.1) is 5.92 Å². The van der Waals surface area contributed by atoms with Gasteiger partial charge in [0.1, 0.15) is 0 Å². The summed E-state index contributed by atoms with van der Waals surface area (Å²) in [5, 5.41) is 10.1. The lowest BCUT2D eigenvalue weighted by Gasteiger charge is -2.42. The van der Waals surface area contributed by atoms with Gasteiger partial charge in [-0.3, -0.25) is 0 Å². The minimum Gasteiger partial charge on any atom is -0.390 e. The Hall–Kier alpha value is 0.310. The van der Waals surface area contributed by atoms with E-state index in [9.17, 15) is 5.11 Å². The summed E-state index contributed by atoms with van der Waals surface area (Å²) in [4.78, 5) is 0. The molecule has 0 heterocycles. The third-order valence-corrected chi connectivity index (χ3v) is 3.71. The maximum absolute atomic E-state index is 10.1. The molecule has 0 aliphatic heterocycles. The van der Waals surface area contributed by atoms with Crippen LogP contribution in [0.15, 0.2) is 0 Å². The van der Waals surface area contributed by atoms with Gasteiger partial charge >= 0.3 is 0 Å². The van der Waals surface area contributed by atoms with Crippen LogP contribution in [0.25, 0.3) is 0 Å². The zero-order valence-electron chi connectivity index (χ0n) is 8.30. The van der Waals surface area contributed by atoms with Crippen molar-refractivity contribution in [2.75, 3.05) is 0 Å². The van der Waals surface area contributed by atoms with Crippen molar-refractivity contribution in [1.29, 1.82) is 0 Å². The summed E-state index contributed by atoms with van der Waals surface area (Å²) in [7, 11) is 0. The molecule has 0 atom stereocenters. The summed E-state index contributed by atoms with van der Waals surface area (Å²) < 4.78 is 0.154. The van der Waals surface area contributed by atoms with Crippen LogP contribution >= 0.6 is 12.6 Å². The highest BCUT2D eigenvalue weighted by Crippen LogP contribution is 2.41. The second-order valence-corrected chi connectivity index (χ2v) is 5.83. The first kappa shape index (κ1) is 10.4. The fraction of sp³-hybridized carbons (Fsp3) is 1.00. The number of aliphatic hydroxyl groups is 1. The van der Waals surface area contributed by atoms with E-state index in [0.29, 0.717) is 5.92 Å². The fourth-order valence-corrected chi connectivity index (χ4v) is 2.02. The fourth-order valence-electron chi connectivity index (χ4n) is 1.80. The van der Waals surface area contributed by atoms with E-state index in [1.807, 2.05) is 0 Å². The molecular formula is C10H20OS. The molecule has 0 radical (unpaired) electrons. The Bertz CT molecular complexity index is 153. The molecule has 2 heteroatoms. The van der Waals surface area contributed by atoms with E-state index in [0.717, 1.165) is 25.7 Å². The second-order valence-electron chi connectivity index (χ2n) is 4.76. The number of hydrogen-bond acceptors (Lipinski definition) is 2. The molecule has 0 saturated heterocycles. The van der Waals surface area contributed by atoms with Crippen molar-refractivity contribution in [2.24, 2.45) is 5.92 Å². The SMILES string of the molecule is CC(C)C1(O)CCC(C)(S)CC1. The smallest absolute Gasteiger partial charge is 0.0671 e. The summed E-state index contributed by atoms with van der Waals surface area (Å²) in [5.41, 5.74) is -0.414. The van der Waals surface area contributed by atoms with Crippen molar-refractivity contribution < 1.29 is 5.11 Å². The van der Waals surface area contributed by atoms with Gasteiger partial charge in [-0.2, -0.15) is 12.6 Å². The maximum atomic E-state index is 10.1. The first-order chi connectivity index (χ1) is 5.36. The third kappa shape index (κ3) is 2.17. The van der Waals surface area contributed by atoms with E-state index in [-0.39, 0.29) is 4.75 Å². The van der Waals surface area contributed by atoms with Crippen molar-refractivity contribution in [3.63, 3.8) is 0 Å². The Morgan fingerprint density at radius 1 is 1.17 bits per heavy atom. The summed E-state index contributed by atoms with van der Waals surface area (Å²) in [6.45, 7) is 6.36. The predicted octanol–water partition coefficient (Wildman–Crippen LogP) is 2.64. The molecule has 1 rings (SSSR count). The van der Waals surface area contributed by atoms with Crippen LogP contribution in [0.4, 0.5) is 0 Å². The molecule has 0 amide bonds. The Balaban J connectivity index is 2.55. The molecule has 1 aliphatic carbocycles. The van der Waals surface area contributed by atoms with E-state index in [4.69, 9.17) is 0 Å². The molecule has 1 N–H and O–H groups in total. The van der Waals surface area contributed by atoms with Gasteiger partial charge in [0.15, 0.2) is 0 Å². The van der Waals surface area contributed by atoms with Gasteiger partial charge in [-0.1, -0.05) is 20.8 Å². The molecule has 1 nitrogen and oxygen atoms in total. The molecule has 12 heavy (non-hydrogen) atoms. The van der Waals surface area contributed by atoms with Crippen molar-refractivity contribution in [1.82, 2.24) is 0 Å². The Morgan fingerprint density at radius 2 is 1.58 bits per heavy atom. The number of thiol groups is 1. The Kier molecular flexibility index (Phi) is 2.79. The monoisotopic (exact) mass is 188 g/mol. The molecular weight excluding hydrogens is 168 g/mol. The van der Waals surface area contributed by atoms with Crippen LogP contribution in [-0.4, -0.2) is 15.5 Å². The molecule has 1 saturated carbocycles. The average molecular weight is 188 g/mol. The molecule has 0 bridgehead atoms.